The Kier molecular flexibility index (Phi) is 2.57. The molecule has 1 aromatic carbocycles. The summed E-state index contributed by atoms with van der Waals surface area (Å²) in [6, 6.07) is 5.89. The van der Waals surface area contributed by atoms with Crippen molar-refractivity contribution in [3.8, 4) is 11.5 Å². The van der Waals surface area contributed by atoms with Gasteiger partial charge in [0.15, 0.2) is 0 Å². The number of benzene rings is 1. The number of hydrogen-bond acceptors (Lipinski definition) is 3. The molecular formula is C12H17NO2. The lowest BCUT2D eigenvalue weighted by Crippen LogP contribution is -2.38. The Morgan fingerprint density at radius 3 is 3.00 bits per heavy atom. The summed E-state index contributed by atoms with van der Waals surface area (Å²) in [7, 11) is 1.68. The van der Waals surface area contributed by atoms with Crippen molar-refractivity contribution >= 4 is 0 Å². The first-order valence-electron chi connectivity index (χ1n) is 5.17. The Balaban J connectivity index is 2.38. The molecule has 1 aromatic rings. The molecule has 0 saturated heterocycles. The van der Waals surface area contributed by atoms with Crippen LogP contribution in [-0.4, -0.2) is 20.3 Å². The summed E-state index contributed by atoms with van der Waals surface area (Å²) in [6.45, 7) is 3.45. The number of fused-ring (bicyclic) bond motifs is 1. The van der Waals surface area contributed by atoms with Gasteiger partial charge in [0.05, 0.1) is 13.7 Å². The maximum atomic E-state index is 5.77. The second kappa shape index (κ2) is 3.74. The molecule has 0 amide bonds. The van der Waals surface area contributed by atoms with Gasteiger partial charge in [-0.1, -0.05) is 13.0 Å². The zero-order valence-corrected chi connectivity index (χ0v) is 9.25. The molecule has 0 aromatic heterocycles. The summed E-state index contributed by atoms with van der Waals surface area (Å²) in [5, 5.41) is 0. The quantitative estimate of drug-likeness (QED) is 0.801. The van der Waals surface area contributed by atoms with Crippen molar-refractivity contribution in [2.75, 3.05) is 20.3 Å². The molecule has 0 radical (unpaired) electrons. The van der Waals surface area contributed by atoms with Crippen LogP contribution in [0.2, 0.25) is 0 Å². The van der Waals surface area contributed by atoms with Crippen LogP contribution in [0.3, 0.4) is 0 Å². The minimum atomic E-state index is 0.0294. The van der Waals surface area contributed by atoms with Gasteiger partial charge >= 0.3 is 0 Å². The third kappa shape index (κ3) is 1.79. The standard InChI is InChI=1S/C12H17NO2/c1-12(7-13)6-9-10(14-2)4-3-5-11(9)15-8-12/h3-5H,6-8,13H2,1-2H3. The first kappa shape index (κ1) is 10.3. The van der Waals surface area contributed by atoms with Gasteiger partial charge in [0.1, 0.15) is 11.5 Å². The highest BCUT2D eigenvalue weighted by molar-refractivity contribution is 5.46. The van der Waals surface area contributed by atoms with Gasteiger partial charge in [-0.3, -0.25) is 0 Å². The van der Waals surface area contributed by atoms with Crippen LogP contribution in [-0.2, 0) is 6.42 Å². The van der Waals surface area contributed by atoms with Gasteiger partial charge in [-0.15, -0.1) is 0 Å². The van der Waals surface area contributed by atoms with Gasteiger partial charge in [0.2, 0.25) is 0 Å². The van der Waals surface area contributed by atoms with Gasteiger partial charge in [-0.2, -0.15) is 0 Å². The predicted octanol–water partition coefficient (Wildman–Crippen LogP) is 1.60. The largest absolute Gasteiger partial charge is 0.496 e. The first-order chi connectivity index (χ1) is 7.18. The maximum Gasteiger partial charge on any atom is 0.126 e. The Labute approximate surface area is 90.2 Å². The van der Waals surface area contributed by atoms with Gasteiger partial charge in [0.25, 0.3) is 0 Å². The van der Waals surface area contributed by atoms with Crippen LogP contribution in [0.1, 0.15) is 12.5 Å². The molecule has 1 atom stereocenters. The number of nitrogens with two attached hydrogens (primary N) is 1. The molecule has 3 nitrogen and oxygen atoms in total. The van der Waals surface area contributed by atoms with Crippen molar-refractivity contribution in [2.45, 2.75) is 13.3 Å². The monoisotopic (exact) mass is 207 g/mol. The Bertz CT molecular complexity index is 350. The van der Waals surface area contributed by atoms with Crippen LogP contribution < -0.4 is 15.2 Å². The first-order valence-corrected chi connectivity index (χ1v) is 5.17. The van der Waals surface area contributed by atoms with Crippen LogP contribution >= 0.6 is 0 Å². The molecule has 82 valence electrons. The van der Waals surface area contributed by atoms with E-state index in [2.05, 4.69) is 6.92 Å². The Morgan fingerprint density at radius 1 is 1.53 bits per heavy atom. The molecule has 2 rings (SSSR count). The second-order valence-corrected chi connectivity index (χ2v) is 4.42. The van der Waals surface area contributed by atoms with Crippen LogP contribution in [0.5, 0.6) is 11.5 Å². The lowest BCUT2D eigenvalue weighted by Gasteiger charge is -2.34. The van der Waals surface area contributed by atoms with E-state index >= 15 is 0 Å². The minimum Gasteiger partial charge on any atom is -0.496 e. The fourth-order valence-corrected chi connectivity index (χ4v) is 1.91. The van der Waals surface area contributed by atoms with Crippen LogP contribution in [0.4, 0.5) is 0 Å². The van der Waals surface area contributed by atoms with E-state index in [1.54, 1.807) is 7.11 Å². The fourth-order valence-electron chi connectivity index (χ4n) is 1.91. The zero-order valence-electron chi connectivity index (χ0n) is 9.25. The average molecular weight is 207 g/mol. The summed E-state index contributed by atoms with van der Waals surface area (Å²) in [5.41, 5.74) is 6.93. The van der Waals surface area contributed by atoms with E-state index in [1.165, 1.54) is 0 Å². The van der Waals surface area contributed by atoms with E-state index < -0.39 is 0 Å². The summed E-state index contributed by atoms with van der Waals surface area (Å²) in [4.78, 5) is 0. The smallest absolute Gasteiger partial charge is 0.126 e. The van der Waals surface area contributed by atoms with Crippen LogP contribution in [0.15, 0.2) is 18.2 Å². The zero-order chi connectivity index (χ0) is 10.9. The lowest BCUT2D eigenvalue weighted by molar-refractivity contribution is 0.142. The van der Waals surface area contributed by atoms with E-state index in [-0.39, 0.29) is 5.41 Å². The number of rotatable bonds is 2. The summed E-state index contributed by atoms with van der Waals surface area (Å²) in [6.07, 6.45) is 0.919. The summed E-state index contributed by atoms with van der Waals surface area (Å²) in [5.74, 6) is 1.83. The van der Waals surface area contributed by atoms with E-state index in [0.717, 1.165) is 23.5 Å². The molecule has 0 bridgehead atoms. The van der Waals surface area contributed by atoms with E-state index in [9.17, 15) is 0 Å². The summed E-state index contributed by atoms with van der Waals surface area (Å²) < 4.78 is 11.0. The maximum absolute atomic E-state index is 5.77. The van der Waals surface area contributed by atoms with Crippen molar-refractivity contribution in [1.29, 1.82) is 0 Å². The van der Waals surface area contributed by atoms with Crippen LogP contribution in [0.25, 0.3) is 0 Å². The van der Waals surface area contributed by atoms with Gasteiger partial charge in [-0.25, -0.2) is 0 Å². The number of ether oxygens (including phenoxy) is 2. The van der Waals surface area contributed by atoms with Crippen molar-refractivity contribution in [2.24, 2.45) is 11.1 Å². The highest BCUT2D eigenvalue weighted by Gasteiger charge is 2.31. The van der Waals surface area contributed by atoms with E-state index in [1.807, 2.05) is 18.2 Å². The van der Waals surface area contributed by atoms with Crippen molar-refractivity contribution in [3.63, 3.8) is 0 Å². The average Bonchev–Trinajstić information content (AvgIpc) is 2.28. The lowest BCUT2D eigenvalue weighted by atomic mass is 9.82. The van der Waals surface area contributed by atoms with Crippen molar-refractivity contribution in [1.82, 2.24) is 0 Å². The topological polar surface area (TPSA) is 44.5 Å². The summed E-state index contributed by atoms with van der Waals surface area (Å²) >= 11 is 0. The van der Waals surface area contributed by atoms with Gasteiger partial charge in [-0.05, 0) is 18.6 Å². The molecule has 0 aliphatic carbocycles. The number of hydrogen-bond donors (Lipinski definition) is 1. The van der Waals surface area contributed by atoms with Crippen LogP contribution in [0, 0.1) is 5.41 Å². The number of methoxy groups -OCH3 is 1. The molecule has 1 unspecified atom stereocenters. The molecule has 0 fully saturated rings. The van der Waals surface area contributed by atoms with E-state index in [0.29, 0.717) is 13.2 Å². The third-order valence-electron chi connectivity index (χ3n) is 2.98. The molecule has 1 heterocycles. The normalized spacial score (nSPS) is 24.2. The predicted molar refractivity (Wildman–Crippen MR) is 59.4 cm³/mol. The minimum absolute atomic E-state index is 0.0294. The van der Waals surface area contributed by atoms with Gasteiger partial charge in [0, 0.05) is 17.5 Å². The third-order valence-corrected chi connectivity index (χ3v) is 2.98. The molecule has 1 aliphatic heterocycles. The fraction of sp³-hybridized carbons (Fsp3) is 0.500. The molecular weight excluding hydrogens is 190 g/mol. The van der Waals surface area contributed by atoms with Gasteiger partial charge < -0.3 is 15.2 Å². The van der Waals surface area contributed by atoms with Crippen molar-refractivity contribution in [3.05, 3.63) is 23.8 Å². The molecule has 3 heteroatoms. The highest BCUT2D eigenvalue weighted by Crippen LogP contribution is 2.38. The Morgan fingerprint density at radius 2 is 2.33 bits per heavy atom. The highest BCUT2D eigenvalue weighted by atomic mass is 16.5. The Hall–Kier alpha value is -1.22. The van der Waals surface area contributed by atoms with E-state index in [4.69, 9.17) is 15.2 Å². The molecule has 2 N–H and O–H groups in total. The SMILES string of the molecule is COc1cccc2c1CC(C)(CN)CO2. The molecule has 1 aliphatic rings. The second-order valence-electron chi connectivity index (χ2n) is 4.42. The van der Waals surface area contributed by atoms with Crippen molar-refractivity contribution < 1.29 is 9.47 Å². The molecule has 0 spiro atoms. The molecule has 0 saturated carbocycles. The molecule has 15 heavy (non-hydrogen) atoms.